The largest absolute Gasteiger partial charge is 0.309 e. The Morgan fingerprint density at radius 3 is 1.38 bits per heavy atom. The maximum atomic E-state index is 2.48. The molecule has 0 N–H and O–H groups in total. The van der Waals surface area contributed by atoms with Gasteiger partial charge in [-0.25, -0.2) is 0 Å². The van der Waals surface area contributed by atoms with E-state index in [0.717, 1.165) is 17.1 Å². The van der Waals surface area contributed by atoms with Crippen molar-refractivity contribution >= 4 is 65.4 Å². The molecule has 0 aliphatic carbocycles. The number of hydrogen-bond donors (Lipinski definition) is 0. The van der Waals surface area contributed by atoms with Crippen molar-refractivity contribution in [2.45, 2.75) is 0 Å². The minimum atomic E-state index is 1.14. The SMILES string of the molecule is c1ccc(-c2cccc(-n3c4ccccc4c4ccc(-c5cccc(-c6cc7c8ccccc8n(-c8ccccc8)c7c7c8ccccc8n(-c8ccccc8)c67)c5)cc43)c2)cc1. The number of aromatic nitrogens is 3. The van der Waals surface area contributed by atoms with Gasteiger partial charge in [-0.05, 0) is 101 Å². The van der Waals surface area contributed by atoms with Crippen LogP contribution in [0.4, 0.5) is 0 Å². The van der Waals surface area contributed by atoms with Crippen molar-refractivity contribution in [1.29, 1.82) is 0 Å². The highest BCUT2D eigenvalue weighted by Crippen LogP contribution is 2.47. The molecule has 0 atom stereocenters. The predicted octanol–water partition coefficient (Wildman–Crippen LogP) is 16.0. The van der Waals surface area contributed by atoms with Crippen LogP contribution in [0.2, 0.25) is 0 Å². The lowest BCUT2D eigenvalue weighted by atomic mass is 9.95. The topological polar surface area (TPSA) is 14.8 Å². The van der Waals surface area contributed by atoms with Gasteiger partial charge in [0.05, 0.1) is 33.1 Å². The Balaban J connectivity index is 1.08. The normalized spacial score (nSPS) is 11.8. The summed E-state index contributed by atoms with van der Waals surface area (Å²) in [6, 6.07) is 86.4. The summed E-state index contributed by atoms with van der Waals surface area (Å²) in [5.74, 6) is 0. The van der Waals surface area contributed by atoms with E-state index in [1.807, 2.05) is 0 Å². The van der Waals surface area contributed by atoms with E-state index in [0.29, 0.717) is 0 Å². The van der Waals surface area contributed by atoms with Crippen molar-refractivity contribution in [1.82, 2.24) is 13.7 Å². The van der Waals surface area contributed by atoms with E-state index in [9.17, 15) is 0 Å². The molecule has 3 heterocycles. The van der Waals surface area contributed by atoms with Crippen LogP contribution in [0.25, 0.3) is 116 Å². The van der Waals surface area contributed by atoms with E-state index in [1.165, 1.54) is 98.8 Å². The first-order valence-electron chi connectivity index (χ1n) is 21.7. The van der Waals surface area contributed by atoms with E-state index in [2.05, 4.69) is 250 Å². The number of hydrogen-bond acceptors (Lipinski definition) is 0. The summed E-state index contributed by atoms with van der Waals surface area (Å²) in [6.45, 7) is 0. The zero-order chi connectivity index (χ0) is 41.4. The monoisotopic (exact) mass is 801 g/mol. The highest BCUT2D eigenvalue weighted by molar-refractivity contribution is 6.29. The van der Waals surface area contributed by atoms with Gasteiger partial charge in [0.25, 0.3) is 0 Å². The fraction of sp³-hybridized carbons (Fsp3) is 0. The minimum absolute atomic E-state index is 1.14. The lowest BCUT2D eigenvalue weighted by Crippen LogP contribution is -1.97. The van der Waals surface area contributed by atoms with Gasteiger partial charge in [-0.2, -0.15) is 0 Å². The Morgan fingerprint density at radius 1 is 0.222 bits per heavy atom. The number of fused-ring (bicyclic) bond motifs is 10. The standard InChI is InChI=1S/C60H39N3/c1-4-18-40(19-5-1)42-21-17-27-47(37-42)61-54-31-13-10-28-48(54)50-35-34-43(38-57(50)61)41-20-16-22-44(36-41)52-39-53-49-29-11-14-32-55(49)62(45-23-6-2-7-24-45)60(53)58-51-30-12-15-33-56(51)63(59(52)58)46-25-8-3-9-26-46/h1-39H. The second-order valence-corrected chi connectivity index (χ2v) is 16.5. The lowest BCUT2D eigenvalue weighted by molar-refractivity contribution is 1.17. The molecule has 0 aliphatic rings. The van der Waals surface area contributed by atoms with Gasteiger partial charge in [-0.1, -0.05) is 164 Å². The molecule has 3 nitrogen and oxygen atoms in total. The second kappa shape index (κ2) is 14.1. The summed E-state index contributed by atoms with van der Waals surface area (Å²) >= 11 is 0. The molecule has 0 amide bonds. The highest BCUT2D eigenvalue weighted by atomic mass is 15.0. The maximum Gasteiger partial charge on any atom is 0.0641 e. The van der Waals surface area contributed by atoms with Crippen LogP contribution in [0.5, 0.6) is 0 Å². The van der Waals surface area contributed by atoms with Crippen molar-refractivity contribution in [3.8, 4) is 50.4 Å². The fourth-order valence-electron chi connectivity index (χ4n) is 10.3. The molecule has 0 bridgehead atoms. The van der Waals surface area contributed by atoms with Gasteiger partial charge in [0.1, 0.15) is 0 Å². The molecule has 3 aromatic heterocycles. The summed E-state index contributed by atoms with van der Waals surface area (Å²) in [6.07, 6.45) is 0. The van der Waals surface area contributed by atoms with Crippen molar-refractivity contribution < 1.29 is 0 Å². The molecule has 10 aromatic carbocycles. The lowest BCUT2D eigenvalue weighted by Gasteiger charge is -2.15. The van der Waals surface area contributed by atoms with Crippen LogP contribution in [0, 0.1) is 0 Å². The summed E-state index contributed by atoms with van der Waals surface area (Å²) in [4.78, 5) is 0. The molecular weight excluding hydrogens is 763 g/mol. The van der Waals surface area contributed by atoms with Crippen LogP contribution in [0.3, 0.4) is 0 Å². The average molecular weight is 802 g/mol. The molecule has 13 rings (SSSR count). The molecular formula is C60H39N3. The quantitative estimate of drug-likeness (QED) is 0.159. The van der Waals surface area contributed by atoms with E-state index >= 15 is 0 Å². The first-order valence-corrected chi connectivity index (χ1v) is 21.7. The number of nitrogens with zero attached hydrogens (tertiary/aromatic N) is 3. The Kier molecular flexibility index (Phi) is 7.91. The van der Waals surface area contributed by atoms with Crippen LogP contribution in [0.15, 0.2) is 237 Å². The molecule has 0 unspecified atom stereocenters. The third kappa shape index (κ3) is 5.46. The summed E-state index contributed by atoms with van der Waals surface area (Å²) in [7, 11) is 0. The number of para-hydroxylation sites is 5. The van der Waals surface area contributed by atoms with Crippen LogP contribution in [-0.4, -0.2) is 13.7 Å². The zero-order valence-electron chi connectivity index (χ0n) is 34.4. The molecule has 3 heteroatoms. The van der Waals surface area contributed by atoms with Gasteiger partial charge < -0.3 is 13.7 Å². The van der Waals surface area contributed by atoms with E-state index in [1.54, 1.807) is 0 Å². The van der Waals surface area contributed by atoms with Crippen LogP contribution in [-0.2, 0) is 0 Å². The fourth-order valence-corrected chi connectivity index (χ4v) is 10.3. The Morgan fingerprint density at radius 2 is 0.683 bits per heavy atom. The first kappa shape index (κ1) is 35.4. The first-order chi connectivity index (χ1) is 31.3. The Hall–Kier alpha value is -8.40. The molecule has 0 spiro atoms. The molecule has 0 fully saturated rings. The number of benzene rings is 10. The van der Waals surface area contributed by atoms with Gasteiger partial charge in [-0.15, -0.1) is 0 Å². The van der Waals surface area contributed by atoms with Gasteiger partial charge in [0.2, 0.25) is 0 Å². The minimum Gasteiger partial charge on any atom is -0.309 e. The third-order valence-electron chi connectivity index (χ3n) is 13.0. The van der Waals surface area contributed by atoms with Crippen molar-refractivity contribution in [3.63, 3.8) is 0 Å². The van der Waals surface area contributed by atoms with Crippen LogP contribution >= 0.6 is 0 Å². The van der Waals surface area contributed by atoms with Gasteiger partial charge in [0.15, 0.2) is 0 Å². The molecule has 13 aromatic rings. The average Bonchev–Trinajstić information content (AvgIpc) is 4.00. The summed E-state index contributed by atoms with van der Waals surface area (Å²) < 4.78 is 7.38. The predicted molar refractivity (Wildman–Crippen MR) is 266 cm³/mol. The van der Waals surface area contributed by atoms with Crippen molar-refractivity contribution in [2.24, 2.45) is 0 Å². The van der Waals surface area contributed by atoms with E-state index in [-0.39, 0.29) is 0 Å². The second-order valence-electron chi connectivity index (χ2n) is 16.5. The van der Waals surface area contributed by atoms with Gasteiger partial charge in [-0.3, -0.25) is 0 Å². The third-order valence-corrected chi connectivity index (χ3v) is 13.0. The maximum absolute atomic E-state index is 2.48. The Bertz CT molecular complexity index is 3890. The zero-order valence-corrected chi connectivity index (χ0v) is 34.4. The number of rotatable bonds is 6. The van der Waals surface area contributed by atoms with Crippen molar-refractivity contribution in [3.05, 3.63) is 237 Å². The Labute approximate surface area is 364 Å². The smallest absolute Gasteiger partial charge is 0.0641 e. The molecule has 0 saturated heterocycles. The molecule has 63 heavy (non-hydrogen) atoms. The van der Waals surface area contributed by atoms with Crippen molar-refractivity contribution in [2.75, 3.05) is 0 Å². The molecule has 294 valence electrons. The summed E-state index contributed by atoms with van der Waals surface area (Å²) in [5.41, 5.74) is 17.7. The van der Waals surface area contributed by atoms with Gasteiger partial charge >= 0.3 is 0 Å². The molecule has 0 radical (unpaired) electrons. The van der Waals surface area contributed by atoms with Crippen LogP contribution in [0.1, 0.15) is 0 Å². The van der Waals surface area contributed by atoms with E-state index in [4.69, 9.17) is 0 Å². The van der Waals surface area contributed by atoms with Crippen LogP contribution < -0.4 is 0 Å². The highest BCUT2D eigenvalue weighted by Gasteiger charge is 2.24. The summed E-state index contributed by atoms with van der Waals surface area (Å²) in [5, 5.41) is 7.44. The molecule has 0 aliphatic heterocycles. The molecule has 0 saturated carbocycles. The van der Waals surface area contributed by atoms with E-state index < -0.39 is 0 Å². The van der Waals surface area contributed by atoms with Gasteiger partial charge in [0, 0.05) is 54.9 Å².